The minimum Gasteiger partial charge on any atom is -0.294 e. The fourth-order valence-corrected chi connectivity index (χ4v) is 2.63. The van der Waals surface area contributed by atoms with Gasteiger partial charge in [0.2, 0.25) is 0 Å². The quantitative estimate of drug-likeness (QED) is 0.629. The van der Waals surface area contributed by atoms with Gasteiger partial charge in [-0.25, -0.2) is 5.43 Å². The molecular formula is C11H15N3O2S. The van der Waals surface area contributed by atoms with E-state index in [4.69, 9.17) is 0 Å². The zero-order valence-corrected chi connectivity index (χ0v) is 10.6. The predicted molar refractivity (Wildman–Crippen MR) is 68.1 cm³/mol. The molecule has 5 nitrogen and oxygen atoms in total. The number of hydrogen-bond donors (Lipinski definition) is 1. The van der Waals surface area contributed by atoms with E-state index >= 15 is 0 Å². The maximum absolute atomic E-state index is 12.2. The third-order valence-electron chi connectivity index (χ3n) is 2.02. The van der Waals surface area contributed by atoms with E-state index in [0.29, 0.717) is 0 Å². The summed E-state index contributed by atoms with van der Waals surface area (Å²) in [4.78, 5) is 3.94. The van der Waals surface area contributed by atoms with Crippen molar-refractivity contribution in [1.29, 1.82) is 0 Å². The number of rotatable bonds is 5. The molecule has 0 aliphatic heterocycles. The van der Waals surface area contributed by atoms with Crippen LogP contribution in [0.5, 0.6) is 0 Å². The maximum Gasteiger partial charge on any atom is 0.277 e. The summed E-state index contributed by atoms with van der Waals surface area (Å²) >= 11 is 0. The molecule has 0 saturated heterocycles. The van der Waals surface area contributed by atoms with Crippen molar-refractivity contribution in [2.45, 2.75) is 4.90 Å². The Morgan fingerprint density at radius 1 is 1.41 bits per heavy atom. The molecule has 1 aromatic carbocycles. The van der Waals surface area contributed by atoms with E-state index in [1.807, 2.05) is 0 Å². The summed E-state index contributed by atoms with van der Waals surface area (Å²) in [5.74, 6) is 0. The van der Waals surface area contributed by atoms with Gasteiger partial charge < -0.3 is 0 Å². The van der Waals surface area contributed by atoms with Gasteiger partial charge in [-0.2, -0.15) is 12.8 Å². The Kier molecular flexibility index (Phi) is 4.42. The largest absolute Gasteiger partial charge is 0.294 e. The first-order valence-corrected chi connectivity index (χ1v) is 6.37. The second-order valence-corrected chi connectivity index (χ2v) is 4.97. The third kappa shape index (κ3) is 2.92. The van der Waals surface area contributed by atoms with Crippen LogP contribution in [0.2, 0.25) is 0 Å². The summed E-state index contributed by atoms with van der Waals surface area (Å²) in [5.41, 5.74) is 2.83. The van der Waals surface area contributed by atoms with Crippen molar-refractivity contribution in [2.75, 3.05) is 14.1 Å². The van der Waals surface area contributed by atoms with Crippen LogP contribution in [0.25, 0.3) is 0 Å². The number of benzene rings is 1. The molecule has 17 heavy (non-hydrogen) atoms. The van der Waals surface area contributed by atoms with Crippen LogP contribution in [0, 0.1) is 0 Å². The van der Waals surface area contributed by atoms with E-state index in [1.54, 1.807) is 25.2 Å². The lowest BCUT2D eigenvalue weighted by molar-refractivity contribution is 0.427. The summed E-state index contributed by atoms with van der Waals surface area (Å²) in [5, 5.41) is 0. The zero-order chi connectivity index (χ0) is 12.9. The topological polar surface area (TPSA) is 61.8 Å². The minimum absolute atomic E-state index is 0.194. The lowest BCUT2D eigenvalue weighted by Gasteiger charge is -2.22. The van der Waals surface area contributed by atoms with E-state index in [0.717, 1.165) is 4.41 Å². The van der Waals surface area contributed by atoms with Crippen LogP contribution in [-0.2, 0) is 10.0 Å². The van der Waals surface area contributed by atoms with Crippen LogP contribution in [0.3, 0.4) is 0 Å². The van der Waals surface area contributed by atoms with E-state index < -0.39 is 10.0 Å². The highest BCUT2D eigenvalue weighted by molar-refractivity contribution is 7.89. The molecule has 0 fully saturated rings. The van der Waals surface area contributed by atoms with Crippen molar-refractivity contribution < 1.29 is 8.42 Å². The standard InChI is InChI=1S/C11H15N3O2S/c1-10(9-12-2)14(13-3)17(15,16)11-7-5-4-6-8-11/h4-9,13H,1H2,2-3H3/b12-9-. The number of nitrogens with one attached hydrogen (secondary N) is 1. The van der Waals surface area contributed by atoms with Crippen molar-refractivity contribution in [3.63, 3.8) is 0 Å². The lowest BCUT2D eigenvalue weighted by atomic mass is 10.4. The van der Waals surface area contributed by atoms with Crippen molar-refractivity contribution in [1.82, 2.24) is 9.84 Å². The van der Waals surface area contributed by atoms with Crippen LogP contribution < -0.4 is 5.43 Å². The SMILES string of the molecule is C=C(/C=N\C)N(NC)S(=O)(=O)c1ccccc1. The van der Waals surface area contributed by atoms with Crippen molar-refractivity contribution in [3.05, 3.63) is 42.6 Å². The molecule has 0 radical (unpaired) electrons. The van der Waals surface area contributed by atoms with Gasteiger partial charge in [0.05, 0.1) is 10.6 Å². The summed E-state index contributed by atoms with van der Waals surface area (Å²) in [6.45, 7) is 3.64. The third-order valence-corrected chi connectivity index (χ3v) is 3.79. The van der Waals surface area contributed by atoms with Crippen LogP contribution in [-0.4, -0.2) is 33.1 Å². The Hall–Kier alpha value is -1.66. The van der Waals surface area contributed by atoms with Crippen LogP contribution in [0.1, 0.15) is 0 Å². The molecule has 0 aliphatic rings. The van der Waals surface area contributed by atoms with Gasteiger partial charge in [0.1, 0.15) is 0 Å². The number of aliphatic imine (C=N–C) groups is 1. The maximum atomic E-state index is 12.2. The monoisotopic (exact) mass is 253 g/mol. The Balaban J connectivity index is 3.16. The molecule has 0 heterocycles. The molecule has 1 rings (SSSR count). The van der Waals surface area contributed by atoms with E-state index in [1.165, 1.54) is 25.4 Å². The van der Waals surface area contributed by atoms with Gasteiger partial charge in [-0.05, 0) is 12.1 Å². The summed E-state index contributed by atoms with van der Waals surface area (Å²) in [6, 6.07) is 8.13. The predicted octanol–water partition coefficient (Wildman–Crippen LogP) is 1.03. The molecule has 0 amide bonds. The van der Waals surface area contributed by atoms with E-state index in [2.05, 4.69) is 17.0 Å². The molecule has 6 heteroatoms. The van der Waals surface area contributed by atoms with Gasteiger partial charge in [-0.3, -0.25) is 4.99 Å². The van der Waals surface area contributed by atoms with Crippen molar-refractivity contribution in [3.8, 4) is 0 Å². The molecule has 0 aliphatic carbocycles. The number of nitrogens with zero attached hydrogens (tertiary/aromatic N) is 2. The van der Waals surface area contributed by atoms with Crippen molar-refractivity contribution >= 4 is 16.2 Å². The first-order valence-electron chi connectivity index (χ1n) is 4.93. The van der Waals surface area contributed by atoms with E-state index in [-0.39, 0.29) is 10.6 Å². The van der Waals surface area contributed by atoms with E-state index in [9.17, 15) is 8.42 Å². The Morgan fingerprint density at radius 2 is 2.00 bits per heavy atom. The highest BCUT2D eigenvalue weighted by Crippen LogP contribution is 2.15. The number of sulfonamides is 1. The average Bonchev–Trinajstić information content (AvgIpc) is 2.31. The molecule has 0 bridgehead atoms. The molecule has 0 saturated carbocycles. The Morgan fingerprint density at radius 3 is 2.47 bits per heavy atom. The molecule has 1 aromatic rings. The Labute approximate surface area is 102 Å². The number of allylic oxidation sites excluding steroid dienone is 1. The van der Waals surface area contributed by atoms with Gasteiger partial charge in [-0.1, -0.05) is 24.8 Å². The van der Waals surface area contributed by atoms with Crippen molar-refractivity contribution in [2.24, 2.45) is 4.99 Å². The highest BCUT2D eigenvalue weighted by Gasteiger charge is 2.23. The molecule has 92 valence electrons. The molecule has 0 spiro atoms. The number of hydrogen-bond acceptors (Lipinski definition) is 4. The van der Waals surface area contributed by atoms with Crippen LogP contribution in [0.4, 0.5) is 0 Å². The van der Waals surface area contributed by atoms with Gasteiger partial charge in [0.25, 0.3) is 10.0 Å². The first kappa shape index (κ1) is 13.4. The summed E-state index contributed by atoms with van der Waals surface area (Å²) in [7, 11) is -0.582. The zero-order valence-electron chi connectivity index (χ0n) is 9.79. The summed E-state index contributed by atoms with van der Waals surface area (Å²) < 4.78 is 25.4. The normalized spacial score (nSPS) is 11.6. The lowest BCUT2D eigenvalue weighted by Crippen LogP contribution is -2.39. The molecular weight excluding hydrogens is 238 g/mol. The van der Waals surface area contributed by atoms with Crippen LogP contribution in [0.15, 0.2) is 52.5 Å². The van der Waals surface area contributed by atoms with Gasteiger partial charge in [-0.15, -0.1) is 0 Å². The highest BCUT2D eigenvalue weighted by atomic mass is 32.2. The molecule has 0 unspecified atom stereocenters. The second-order valence-electron chi connectivity index (χ2n) is 3.18. The average molecular weight is 253 g/mol. The molecule has 0 aromatic heterocycles. The van der Waals surface area contributed by atoms with Crippen LogP contribution >= 0.6 is 0 Å². The van der Waals surface area contributed by atoms with Gasteiger partial charge >= 0.3 is 0 Å². The fraction of sp³-hybridized carbons (Fsp3) is 0.182. The Bertz CT molecular complexity index is 509. The molecule has 0 atom stereocenters. The number of hydrazine groups is 1. The smallest absolute Gasteiger partial charge is 0.277 e. The first-order chi connectivity index (χ1) is 8.04. The molecule has 1 N–H and O–H groups in total. The summed E-state index contributed by atoms with van der Waals surface area (Å²) in [6.07, 6.45) is 1.37. The second kappa shape index (κ2) is 5.60. The van der Waals surface area contributed by atoms with Gasteiger partial charge in [0, 0.05) is 20.3 Å². The fourth-order valence-electron chi connectivity index (χ4n) is 1.32. The minimum atomic E-state index is -3.64. The van der Waals surface area contributed by atoms with Gasteiger partial charge in [0.15, 0.2) is 0 Å².